The zero-order valence-electron chi connectivity index (χ0n) is 20.2. The monoisotopic (exact) mass is 498 g/mol. The minimum atomic E-state index is -3.43. The summed E-state index contributed by atoms with van der Waals surface area (Å²) in [6.45, 7) is 11.9. The third-order valence-corrected chi connectivity index (χ3v) is 9.66. The van der Waals surface area contributed by atoms with Crippen molar-refractivity contribution < 1.29 is 17.9 Å². The van der Waals surface area contributed by atoms with Gasteiger partial charge in [0.1, 0.15) is 5.69 Å². The van der Waals surface area contributed by atoms with Crippen molar-refractivity contribution in [1.29, 1.82) is 0 Å². The molecular weight excluding hydrogens is 464 g/mol. The summed E-state index contributed by atoms with van der Waals surface area (Å²) in [6, 6.07) is 7.60. The predicted octanol–water partition coefficient (Wildman–Crippen LogP) is 2.81. The summed E-state index contributed by atoms with van der Waals surface area (Å²) in [5.41, 5.74) is 4.03. The first-order valence-electron chi connectivity index (χ1n) is 12.8. The van der Waals surface area contributed by atoms with E-state index in [0.29, 0.717) is 18.1 Å². The molecule has 3 saturated heterocycles. The largest absolute Gasteiger partial charge is 0.381 e. The lowest BCUT2D eigenvalue weighted by molar-refractivity contribution is 0.0479. The van der Waals surface area contributed by atoms with Gasteiger partial charge >= 0.3 is 0 Å². The van der Waals surface area contributed by atoms with Gasteiger partial charge in [-0.1, -0.05) is 24.8 Å². The Hall–Kier alpha value is -2.20. The van der Waals surface area contributed by atoms with E-state index in [1.807, 2.05) is 12.1 Å². The summed E-state index contributed by atoms with van der Waals surface area (Å²) in [5.74, 6) is 0.735. The topological polar surface area (TPSA) is 76.9 Å². The third kappa shape index (κ3) is 4.33. The zero-order chi connectivity index (χ0) is 24.0. The molecule has 0 radical (unpaired) electrons. The van der Waals surface area contributed by atoms with Gasteiger partial charge in [-0.15, -0.1) is 0 Å². The normalized spacial score (nSPS) is 22.9. The fourth-order valence-corrected chi connectivity index (χ4v) is 7.45. The lowest BCUT2D eigenvalue weighted by Gasteiger charge is -2.41. The molecule has 0 aliphatic carbocycles. The first-order valence-corrected chi connectivity index (χ1v) is 14.4. The van der Waals surface area contributed by atoms with Gasteiger partial charge in [-0.25, -0.2) is 8.42 Å². The summed E-state index contributed by atoms with van der Waals surface area (Å²) < 4.78 is 39.6. The van der Waals surface area contributed by atoms with Crippen LogP contribution in [0.4, 0.5) is 0 Å². The molecule has 2 aromatic rings. The predicted molar refractivity (Wildman–Crippen MR) is 134 cm³/mol. The van der Waals surface area contributed by atoms with Gasteiger partial charge in [-0.3, -0.25) is 9.58 Å². The van der Waals surface area contributed by atoms with E-state index >= 15 is 0 Å². The standard InChI is InChI=1S/C26H34N4O4S/c1-19(29-10-14-34-15-11-29)25-23-18-35(31,32)24-5-3-2-4-22(24)26(23)30(27-25)21-16-28(17-21)9-6-20-7-12-33-13-8-20/h2-5,20-21H,1,6-18H2. The minimum absolute atomic E-state index is 0.0295. The molecule has 4 aliphatic rings. The van der Waals surface area contributed by atoms with Crippen molar-refractivity contribution in [2.24, 2.45) is 5.92 Å². The van der Waals surface area contributed by atoms with Crippen molar-refractivity contribution in [2.45, 2.75) is 36.0 Å². The quantitative estimate of drug-likeness (QED) is 0.606. The van der Waals surface area contributed by atoms with E-state index in [0.717, 1.165) is 80.1 Å². The molecule has 0 saturated carbocycles. The number of hydrogen-bond acceptors (Lipinski definition) is 7. The number of hydrogen-bond donors (Lipinski definition) is 0. The molecule has 6 rings (SSSR count). The second-order valence-electron chi connectivity index (χ2n) is 10.2. The van der Waals surface area contributed by atoms with Crippen LogP contribution in [0.15, 0.2) is 35.7 Å². The summed E-state index contributed by atoms with van der Waals surface area (Å²) in [5, 5.41) is 5.06. The molecule has 4 aliphatic heterocycles. The number of sulfone groups is 1. The van der Waals surface area contributed by atoms with E-state index in [4.69, 9.17) is 14.6 Å². The Balaban J connectivity index is 1.29. The highest BCUT2D eigenvalue weighted by Crippen LogP contribution is 2.43. The average Bonchev–Trinajstić information content (AvgIpc) is 3.22. The van der Waals surface area contributed by atoms with Crippen molar-refractivity contribution in [3.05, 3.63) is 42.1 Å². The zero-order valence-corrected chi connectivity index (χ0v) is 21.0. The van der Waals surface area contributed by atoms with Crippen LogP contribution < -0.4 is 0 Å². The summed E-state index contributed by atoms with van der Waals surface area (Å²) in [6.07, 6.45) is 3.55. The Bertz CT molecular complexity index is 1210. The number of likely N-dealkylation sites (tertiary alicyclic amines) is 1. The molecular formula is C26H34N4O4S. The molecule has 0 unspecified atom stereocenters. The maximum absolute atomic E-state index is 13.2. The highest BCUT2D eigenvalue weighted by molar-refractivity contribution is 7.90. The Kier molecular flexibility index (Phi) is 6.20. The fraction of sp³-hybridized carbons (Fsp3) is 0.577. The van der Waals surface area contributed by atoms with E-state index in [2.05, 4.69) is 21.1 Å². The fourth-order valence-electron chi connectivity index (χ4n) is 5.85. The third-order valence-electron chi connectivity index (χ3n) is 7.96. The highest BCUT2D eigenvalue weighted by atomic mass is 32.2. The van der Waals surface area contributed by atoms with Gasteiger partial charge in [0.2, 0.25) is 0 Å². The number of ether oxygens (including phenoxy) is 2. The van der Waals surface area contributed by atoms with Gasteiger partial charge in [-0.05, 0) is 37.8 Å². The number of nitrogens with zero attached hydrogens (tertiary/aromatic N) is 4. The highest BCUT2D eigenvalue weighted by Gasteiger charge is 2.39. The lowest BCUT2D eigenvalue weighted by Crippen LogP contribution is -2.49. The molecule has 0 spiro atoms. The van der Waals surface area contributed by atoms with Crippen LogP contribution in [0.3, 0.4) is 0 Å². The second-order valence-corrected chi connectivity index (χ2v) is 12.1. The summed E-state index contributed by atoms with van der Waals surface area (Å²) >= 11 is 0. The van der Waals surface area contributed by atoms with Crippen molar-refractivity contribution in [3.63, 3.8) is 0 Å². The second kappa shape index (κ2) is 9.35. The Morgan fingerprint density at radius 3 is 2.54 bits per heavy atom. The van der Waals surface area contributed by atoms with E-state index < -0.39 is 9.84 Å². The van der Waals surface area contributed by atoms with Crippen molar-refractivity contribution >= 4 is 15.5 Å². The van der Waals surface area contributed by atoms with Crippen LogP contribution >= 0.6 is 0 Å². The molecule has 0 N–H and O–H groups in total. The molecule has 1 aromatic heterocycles. The molecule has 35 heavy (non-hydrogen) atoms. The number of aromatic nitrogens is 2. The van der Waals surface area contributed by atoms with Crippen LogP contribution in [0.1, 0.15) is 36.6 Å². The van der Waals surface area contributed by atoms with Crippen LogP contribution in [0.5, 0.6) is 0 Å². The lowest BCUT2D eigenvalue weighted by atomic mass is 9.95. The molecule has 1 aromatic carbocycles. The molecule has 8 nitrogen and oxygen atoms in total. The van der Waals surface area contributed by atoms with Crippen molar-refractivity contribution in [1.82, 2.24) is 19.6 Å². The van der Waals surface area contributed by atoms with Gasteiger partial charge < -0.3 is 14.4 Å². The van der Waals surface area contributed by atoms with Gasteiger partial charge in [0.05, 0.1) is 41.3 Å². The first-order chi connectivity index (χ1) is 17.0. The number of fused-ring (bicyclic) bond motifs is 3. The number of rotatable bonds is 6. The maximum Gasteiger partial charge on any atom is 0.183 e. The van der Waals surface area contributed by atoms with E-state index in [9.17, 15) is 8.42 Å². The van der Waals surface area contributed by atoms with Gasteiger partial charge in [-0.2, -0.15) is 5.10 Å². The van der Waals surface area contributed by atoms with Crippen LogP contribution in [-0.2, 0) is 25.1 Å². The molecule has 0 amide bonds. The van der Waals surface area contributed by atoms with Crippen LogP contribution in [-0.4, -0.2) is 87.1 Å². The van der Waals surface area contributed by atoms with Crippen LogP contribution in [0.2, 0.25) is 0 Å². The average molecular weight is 499 g/mol. The first kappa shape index (κ1) is 23.2. The molecule has 188 valence electrons. The van der Waals surface area contributed by atoms with E-state index in [-0.39, 0.29) is 11.8 Å². The van der Waals surface area contributed by atoms with E-state index in [1.54, 1.807) is 12.1 Å². The number of morpholine rings is 1. The SMILES string of the molecule is C=C(c1nn(C2CN(CCC3CCOCC3)C2)c2c1CS(=O)(=O)c1ccccc1-2)N1CCOCC1. The smallest absolute Gasteiger partial charge is 0.183 e. The van der Waals surface area contributed by atoms with Crippen molar-refractivity contribution in [3.8, 4) is 11.3 Å². The van der Waals surface area contributed by atoms with Gasteiger partial charge in [0, 0.05) is 50.5 Å². The van der Waals surface area contributed by atoms with E-state index in [1.165, 1.54) is 19.3 Å². The Morgan fingerprint density at radius 1 is 1.06 bits per heavy atom. The summed E-state index contributed by atoms with van der Waals surface area (Å²) in [4.78, 5) is 5.08. The van der Waals surface area contributed by atoms with Crippen molar-refractivity contribution in [2.75, 3.05) is 59.2 Å². The van der Waals surface area contributed by atoms with Crippen LogP contribution in [0.25, 0.3) is 17.0 Å². The Labute approximate surface area is 207 Å². The number of benzene rings is 1. The molecule has 0 atom stereocenters. The molecule has 3 fully saturated rings. The molecule has 9 heteroatoms. The maximum atomic E-state index is 13.2. The molecule has 5 heterocycles. The van der Waals surface area contributed by atoms with Gasteiger partial charge in [0.15, 0.2) is 9.84 Å². The van der Waals surface area contributed by atoms with Crippen LogP contribution in [0, 0.1) is 5.92 Å². The Morgan fingerprint density at radius 2 is 1.77 bits per heavy atom. The molecule has 0 bridgehead atoms. The minimum Gasteiger partial charge on any atom is -0.381 e. The van der Waals surface area contributed by atoms with Gasteiger partial charge in [0.25, 0.3) is 0 Å². The summed E-state index contributed by atoms with van der Waals surface area (Å²) in [7, 11) is -3.43.